The lowest BCUT2D eigenvalue weighted by Gasteiger charge is -2.14. The normalized spacial score (nSPS) is 11.9. The molecule has 0 unspecified atom stereocenters. The molecule has 2 aromatic rings. The lowest BCUT2D eigenvalue weighted by molar-refractivity contribution is 0.0656. The second kappa shape index (κ2) is 5.68. The second-order valence-electron chi connectivity index (χ2n) is 3.92. The Morgan fingerprint density at radius 2 is 2.20 bits per heavy atom. The highest BCUT2D eigenvalue weighted by atomic mass is 79.9. The number of furan rings is 1. The van der Waals surface area contributed by atoms with Crippen molar-refractivity contribution in [2.24, 2.45) is 0 Å². The van der Waals surface area contributed by atoms with Gasteiger partial charge in [-0.1, -0.05) is 0 Å². The molecule has 2 rings (SSSR count). The van der Waals surface area contributed by atoms with Crippen LogP contribution < -0.4 is 0 Å². The molecule has 0 saturated heterocycles. The number of rotatable bonds is 5. The molecule has 0 aliphatic rings. The van der Waals surface area contributed by atoms with Crippen LogP contribution in [0.1, 0.15) is 15.4 Å². The summed E-state index contributed by atoms with van der Waals surface area (Å²) in [5.74, 6) is -1.72. The smallest absolute Gasteiger partial charge is 0.371 e. The molecule has 0 amide bonds. The number of nitrogens with zero attached hydrogens (tertiary/aromatic N) is 1. The zero-order valence-corrected chi connectivity index (χ0v) is 13.5. The summed E-state index contributed by atoms with van der Waals surface area (Å²) in [6, 6.07) is 4.08. The molecule has 0 aliphatic carbocycles. The largest absolute Gasteiger partial charge is 0.475 e. The summed E-state index contributed by atoms with van der Waals surface area (Å²) in [7, 11) is -2.44. The van der Waals surface area contributed by atoms with E-state index in [9.17, 15) is 13.2 Å². The Morgan fingerprint density at radius 1 is 1.50 bits per heavy atom. The minimum absolute atomic E-state index is 0.182. The molecule has 9 heteroatoms. The Balaban J connectivity index is 2.22. The third kappa shape index (κ3) is 3.11. The molecule has 0 atom stereocenters. The van der Waals surface area contributed by atoms with Gasteiger partial charge in [-0.25, -0.2) is 13.2 Å². The molecule has 0 fully saturated rings. The number of hydrogen-bond acceptors (Lipinski definition) is 5. The van der Waals surface area contributed by atoms with Crippen molar-refractivity contribution in [1.29, 1.82) is 0 Å². The second-order valence-corrected chi connectivity index (χ2v) is 7.80. The van der Waals surface area contributed by atoms with Crippen LogP contribution in [0.2, 0.25) is 0 Å². The van der Waals surface area contributed by atoms with Crippen molar-refractivity contribution < 1.29 is 22.7 Å². The van der Waals surface area contributed by atoms with Crippen molar-refractivity contribution in [3.05, 3.63) is 38.7 Å². The van der Waals surface area contributed by atoms with Crippen molar-refractivity contribution in [2.75, 3.05) is 7.05 Å². The minimum atomic E-state index is -3.85. The first-order chi connectivity index (χ1) is 9.30. The number of carboxylic acids is 1. The Morgan fingerprint density at radius 3 is 2.70 bits per heavy atom. The van der Waals surface area contributed by atoms with Gasteiger partial charge >= 0.3 is 5.97 Å². The fourth-order valence-electron chi connectivity index (χ4n) is 1.47. The van der Waals surface area contributed by atoms with Crippen LogP contribution in [0.3, 0.4) is 0 Å². The summed E-state index contributed by atoms with van der Waals surface area (Å²) < 4.78 is 31.3. The van der Waals surface area contributed by atoms with Crippen molar-refractivity contribution in [2.45, 2.75) is 11.6 Å². The average molecular weight is 380 g/mol. The zero-order valence-electron chi connectivity index (χ0n) is 10.2. The Kier molecular flexibility index (Phi) is 4.33. The fourth-order valence-corrected chi connectivity index (χ4v) is 4.10. The van der Waals surface area contributed by atoms with E-state index in [4.69, 9.17) is 9.52 Å². The Hall–Kier alpha value is -1.16. The third-order valence-corrected chi connectivity index (χ3v) is 5.82. The molecule has 0 bridgehead atoms. The first kappa shape index (κ1) is 15.2. The van der Waals surface area contributed by atoms with Crippen molar-refractivity contribution in [3.8, 4) is 0 Å². The van der Waals surface area contributed by atoms with E-state index in [1.165, 1.54) is 18.4 Å². The van der Waals surface area contributed by atoms with Gasteiger partial charge in [-0.2, -0.15) is 4.31 Å². The van der Waals surface area contributed by atoms with Gasteiger partial charge < -0.3 is 9.52 Å². The molecule has 0 aliphatic heterocycles. The number of aromatic carboxylic acids is 1. The predicted molar refractivity (Wildman–Crippen MR) is 76.3 cm³/mol. The summed E-state index contributed by atoms with van der Waals surface area (Å²) in [4.78, 5) is 11.6. The summed E-state index contributed by atoms with van der Waals surface area (Å²) in [6.45, 7) is 0.182. The van der Waals surface area contributed by atoms with E-state index in [-0.39, 0.29) is 11.6 Å². The number of halogens is 1. The quantitative estimate of drug-likeness (QED) is 0.862. The molecule has 1 N–H and O–H groups in total. The van der Waals surface area contributed by atoms with E-state index < -0.39 is 21.8 Å². The zero-order chi connectivity index (χ0) is 14.9. The van der Waals surface area contributed by atoms with E-state index in [1.54, 1.807) is 0 Å². The van der Waals surface area contributed by atoms with Crippen LogP contribution in [0.25, 0.3) is 0 Å². The van der Waals surface area contributed by atoms with Gasteiger partial charge in [0, 0.05) is 28.3 Å². The van der Waals surface area contributed by atoms with Crippen molar-refractivity contribution >= 4 is 43.3 Å². The number of hydrogen-bond donors (Lipinski definition) is 1. The van der Waals surface area contributed by atoms with E-state index in [0.717, 1.165) is 25.8 Å². The highest BCUT2D eigenvalue weighted by Crippen LogP contribution is 2.24. The van der Waals surface area contributed by atoms with Crippen LogP contribution in [0.4, 0.5) is 0 Å². The highest BCUT2D eigenvalue weighted by molar-refractivity contribution is 9.10. The van der Waals surface area contributed by atoms with Crippen LogP contribution in [0, 0.1) is 0 Å². The van der Waals surface area contributed by atoms with Gasteiger partial charge in [0.05, 0.1) is 0 Å². The van der Waals surface area contributed by atoms with Gasteiger partial charge in [0.25, 0.3) is 10.0 Å². The molecule has 6 nitrogen and oxygen atoms in total. The predicted octanol–water partition coefficient (Wildman–Crippen LogP) is 2.62. The molecular formula is C11H10BrNO5S2. The molecule has 0 spiro atoms. The standard InChI is InChI=1S/C11H10BrNO5S2/c1-13(5-8-4-7(12)6-19-8)20(16,17)10-3-2-9(18-10)11(14)15/h2-4,6H,5H2,1H3,(H,14,15). The molecule has 108 valence electrons. The SMILES string of the molecule is CN(Cc1cc(Br)cs1)S(=O)(=O)c1ccc(C(=O)O)o1. The summed E-state index contributed by atoms with van der Waals surface area (Å²) in [6.07, 6.45) is 0. The monoisotopic (exact) mass is 379 g/mol. The lowest BCUT2D eigenvalue weighted by atomic mass is 10.5. The van der Waals surface area contributed by atoms with Crippen LogP contribution in [-0.2, 0) is 16.6 Å². The summed E-state index contributed by atoms with van der Waals surface area (Å²) in [5.41, 5.74) is 0. The minimum Gasteiger partial charge on any atom is -0.475 e. The van der Waals surface area contributed by atoms with Crippen LogP contribution in [-0.4, -0.2) is 30.8 Å². The van der Waals surface area contributed by atoms with Gasteiger partial charge in [-0.3, -0.25) is 0 Å². The third-order valence-electron chi connectivity index (χ3n) is 2.46. The number of carbonyl (C=O) groups is 1. The van der Waals surface area contributed by atoms with Crippen LogP contribution >= 0.6 is 27.3 Å². The van der Waals surface area contributed by atoms with Crippen LogP contribution in [0.15, 0.2) is 37.6 Å². The van der Waals surface area contributed by atoms with E-state index in [2.05, 4.69) is 15.9 Å². The first-order valence-corrected chi connectivity index (χ1v) is 8.44. The molecule has 20 heavy (non-hydrogen) atoms. The molecule has 2 aromatic heterocycles. The van der Waals surface area contributed by atoms with E-state index in [0.29, 0.717) is 0 Å². The van der Waals surface area contributed by atoms with Crippen LogP contribution in [0.5, 0.6) is 0 Å². The highest BCUT2D eigenvalue weighted by Gasteiger charge is 2.26. The number of carboxylic acid groups (broad SMARTS) is 1. The van der Waals surface area contributed by atoms with Gasteiger partial charge in [0.1, 0.15) is 0 Å². The van der Waals surface area contributed by atoms with E-state index in [1.807, 2.05) is 11.4 Å². The maximum absolute atomic E-state index is 12.2. The topological polar surface area (TPSA) is 87.8 Å². The molecule has 0 saturated carbocycles. The maximum atomic E-state index is 12.2. The Labute approximate surface area is 127 Å². The van der Waals surface area contributed by atoms with E-state index >= 15 is 0 Å². The first-order valence-electron chi connectivity index (χ1n) is 5.33. The molecular weight excluding hydrogens is 370 g/mol. The lowest BCUT2D eigenvalue weighted by Crippen LogP contribution is -2.25. The van der Waals surface area contributed by atoms with Crippen molar-refractivity contribution in [1.82, 2.24) is 4.31 Å². The van der Waals surface area contributed by atoms with Gasteiger partial charge in [-0.05, 0) is 34.1 Å². The van der Waals surface area contributed by atoms with Gasteiger partial charge in [0.15, 0.2) is 0 Å². The molecule has 0 radical (unpaired) electrons. The number of sulfonamides is 1. The number of thiophene rings is 1. The van der Waals surface area contributed by atoms with Crippen molar-refractivity contribution in [3.63, 3.8) is 0 Å². The van der Waals surface area contributed by atoms with Gasteiger partial charge in [0.2, 0.25) is 10.9 Å². The summed E-state index contributed by atoms with van der Waals surface area (Å²) >= 11 is 4.72. The summed E-state index contributed by atoms with van der Waals surface area (Å²) in [5, 5.41) is 10.2. The molecule has 2 heterocycles. The average Bonchev–Trinajstić information content (AvgIpc) is 2.98. The molecule has 0 aromatic carbocycles. The fraction of sp³-hybridized carbons (Fsp3) is 0.182. The van der Waals surface area contributed by atoms with Gasteiger partial charge in [-0.15, -0.1) is 11.3 Å². The Bertz CT molecular complexity index is 734. The maximum Gasteiger partial charge on any atom is 0.371 e.